The maximum Gasteiger partial charge on any atom is 0.306 e. The van der Waals surface area contributed by atoms with E-state index in [9.17, 15) is 9.59 Å². The first kappa shape index (κ1) is 31.1. The number of carboxylic acid groups (broad SMARTS) is 1. The number of carbonyl (C=O) groups is 2. The Labute approximate surface area is 249 Å². The lowest BCUT2D eigenvalue weighted by molar-refractivity contribution is -0.252. The predicted molar refractivity (Wildman–Crippen MR) is 162 cm³/mol. The van der Waals surface area contributed by atoms with Crippen molar-refractivity contribution in [3.8, 4) is 0 Å². The molecule has 5 heteroatoms. The van der Waals surface area contributed by atoms with Gasteiger partial charge in [0, 0.05) is 25.4 Å². The molecule has 5 aliphatic rings. The van der Waals surface area contributed by atoms with Crippen LogP contribution in [0.25, 0.3) is 0 Å². The summed E-state index contributed by atoms with van der Waals surface area (Å²) in [5.74, 6) is 2.16. The second kappa shape index (κ2) is 10.7. The second-order valence-corrected chi connectivity index (χ2v) is 16.6. The number of hydrogen-bond donors (Lipinski definition) is 1. The topological polar surface area (TPSA) is 72.8 Å². The molecule has 0 aromatic rings. The molecular weight excluding hydrogens is 512 g/mol. The van der Waals surface area contributed by atoms with E-state index in [2.05, 4.69) is 48.1 Å². The van der Waals surface area contributed by atoms with Crippen molar-refractivity contribution in [1.82, 2.24) is 0 Å². The zero-order valence-electron chi connectivity index (χ0n) is 27.2. The van der Waals surface area contributed by atoms with Gasteiger partial charge in [-0.25, -0.2) is 0 Å². The summed E-state index contributed by atoms with van der Waals surface area (Å²) in [6.45, 7) is 20.3. The Morgan fingerprint density at radius 3 is 2.24 bits per heavy atom. The van der Waals surface area contributed by atoms with Gasteiger partial charge in [-0.1, -0.05) is 46.8 Å². The maximum absolute atomic E-state index is 12.7. The minimum Gasteiger partial charge on any atom is -0.481 e. The normalized spacial score (nSPS) is 46.4. The molecule has 0 aliphatic heterocycles. The van der Waals surface area contributed by atoms with Gasteiger partial charge in [-0.05, 0) is 129 Å². The van der Waals surface area contributed by atoms with Gasteiger partial charge in [0.15, 0.2) is 0 Å². The van der Waals surface area contributed by atoms with Crippen LogP contribution in [0.15, 0.2) is 12.2 Å². The number of esters is 1. The molecule has 0 aromatic carbocycles. The summed E-state index contributed by atoms with van der Waals surface area (Å²) >= 11 is 0. The van der Waals surface area contributed by atoms with Gasteiger partial charge in [0.05, 0.1) is 6.61 Å². The number of ether oxygens (including phenoxy) is 2. The van der Waals surface area contributed by atoms with Gasteiger partial charge in [0.2, 0.25) is 0 Å². The average molecular weight is 571 g/mol. The number of carboxylic acids is 1. The van der Waals surface area contributed by atoms with E-state index in [0.717, 1.165) is 25.4 Å². The van der Waals surface area contributed by atoms with Crippen molar-refractivity contribution in [1.29, 1.82) is 0 Å². The van der Waals surface area contributed by atoms with Crippen molar-refractivity contribution in [2.24, 2.45) is 56.7 Å². The molecule has 0 aromatic heterocycles. The zero-order chi connectivity index (χ0) is 30.0. The summed E-state index contributed by atoms with van der Waals surface area (Å²) in [6.07, 6.45) is 12.8. The van der Waals surface area contributed by atoms with Gasteiger partial charge < -0.3 is 14.6 Å². The number of methoxy groups -OCH3 is 1. The van der Waals surface area contributed by atoms with Crippen LogP contribution in [0.4, 0.5) is 0 Å². The van der Waals surface area contributed by atoms with E-state index >= 15 is 0 Å². The number of carbonyl (C=O) groups excluding carboxylic acids is 1. The lowest BCUT2D eigenvalue weighted by atomic mass is 9.32. The Morgan fingerprint density at radius 2 is 1.59 bits per heavy atom. The highest BCUT2D eigenvalue weighted by molar-refractivity contribution is 5.71. The molecular formula is C36H58O5. The molecule has 0 saturated heterocycles. The Hall–Kier alpha value is -1.36. The fourth-order valence-electron chi connectivity index (χ4n) is 12.6. The monoisotopic (exact) mass is 570 g/mol. The largest absolute Gasteiger partial charge is 0.481 e. The lowest BCUT2D eigenvalue weighted by Crippen LogP contribution is -2.67. The summed E-state index contributed by atoms with van der Waals surface area (Å²) in [6, 6.07) is 0. The van der Waals surface area contributed by atoms with Crippen LogP contribution >= 0.6 is 0 Å². The molecule has 41 heavy (non-hydrogen) atoms. The third kappa shape index (κ3) is 4.65. The van der Waals surface area contributed by atoms with Crippen molar-refractivity contribution in [3.05, 3.63) is 12.2 Å². The predicted octanol–water partition coefficient (Wildman–Crippen LogP) is 8.46. The molecule has 0 bridgehead atoms. The molecule has 0 unspecified atom stereocenters. The molecule has 10 atom stereocenters. The highest BCUT2D eigenvalue weighted by Crippen LogP contribution is 2.77. The van der Waals surface area contributed by atoms with E-state index in [0.29, 0.717) is 46.3 Å². The van der Waals surface area contributed by atoms with E-state index < -0.39 is 5.97 Å². The van der Waals surface area contributed by atoms with Gasteiger partial charge in [0.25, 0.3) is 0 Å². The first-order chi connectivity index (χ1) is 19.2. The molecule has 0 amide bonds. The zero-order valence-corrected chi connectivity index (χ0v) is 27.2. The van der Waals surface area contributed by atoms with E-state index in [4.69, 9.17) is 14.6 Å². The van der Waals surface area contributed by atoms with Crippen molar-refractivity contribution < 1.29 is 24.2 Å². The van der Waals surface area contributed by atoms with Crippen molar-refractivity contribution >= 4 is 11.9 Å². The molecule has 5 fully saturated rings. The fourth-order valence-corrected chi connectivity index (χ4v) is 12.6. The Bertz CT molecular complexity index is 1050. The smallest absolute Gasteiger partial charge is 0.306 e. The molecule has 1 N–H and O–H groups in total. The van der Waals surface area contributed by atoms with Crippen molar-refractivity contribution in [3.63, 3.8) is 0 Å². The van der Waals surface area contributed by atoms with Crippen LogP contribution in [-0.2, 0) is 19.1 Å². The van der Waals surface area contributed by atoms with Crippen LogP contribution in [0.1, 0.15) is 125 Å². The van der Waals surface area contributed by atoms with Crippen LogP contribution in [0.2, 0.25) is 0 Å². The minimum absolute atomic E-state index is 0.0183. The Balaban J connectivity index is 1.39. The molecule has 5 aliphatic carbocycles. The van der Waals surface area contributed by atoms with Gasteiger partial charge in [-0.2, -0.15) is 0 Å². The van der Waals surface area contributed by atoms with Gasteiger partial charge in [0.1, 0.15) is 6.10 Å². The summed E-state index contributed by atoms with van der Waals surface area (Å²) < 4.78 is 12.1. The third-order valence-electron chi connectivity index (χ3n) is 14.7. The highest BCUT2D eigenvalue weighted by atomic mass is 16.5. The van der Waals surface area contributed by atoms with Crippen LogP contribution < -0.4 is 0 Å². The van der Waals surface area contributed by atoms with E-state index in [1.165, 1.54) is 56.9 Å². The highest BCUT2D eigenvalue weighted by Gasteiger charge is 2.71. The van der Waals surface area contributed by atoms with E-state index in [1.807, 2.05) is 7.11 Å². The first-order valence-electron chi connectivity index (χ1n) is 16.7. The summed E-state index contributed by atoms with van der Waals surface area (Å²) in [5, 5.41) is 8.95. The molecule has 5 nitrogen and oxygen atoms in total. The number of allylic oxidation sites excluding steroid dienone is 1. The van der Waals surface area contributed by atoms with Crippen LogP contribution in [-0.4, -0.2) is 36.9 Å². The third-order valence-corrected chi connectivity index (χ3v) is 14.7. The number of fused-ring (bicyclic) bond motifs is 7. The number of rotatable bonds is 8. The summed E-state index contributed by atoms with van der Waals surface area (Å²) in [5.41, 5.74) is 2.48. The SMILES string of the molecule is C=C(C)[C@@H]1CC[C@]2(COC)CC[C@]3(C)[C@H](CC[C@@H]4[C@@]5(C)CC[C@H](OC(=O)CCCC(=O)O)C(C)(C)[C@@H]5CC[C@]43C)[C@@H]12. The summed E-state index contributed by atoms with van der Waals surface area (Å²) in [4.78, 5) is 23.6. The second-order valence-electron chi connectivity index (χ2n) is 16.6. The Morgan fingerprint density at radius 1 is 0.854 bits per heavy atom. The van der Waals surface area contributed by atoms with Crippen LogP contribution in [0, 0.1) is 56.7 Å². The quantitative estimate of drug-likeness (QED) is 0.234. The van der Waals surface area contributed by atoms with E-state index in [-0.39, 0.29) is 35.7 Å². The lowest BCUT2D eigenvalue weighted by Gasteiger charge is -2.73. The number of aliphatic carboxylic acids is 1. The van der Waals surface area contributed by atoms with Crippen molar-refractivity contribution in [2.45, 2.75) is 131 Å². The first-order valence-corrected chi connectivity index (χ1v) is 16.7. The fraction of sp³-hybridized carbons (Fsp3) is 0.889. The molecule has 0 spiro atoms. The van der Waals surface area contributed by atoms with Gasteiger partial charge >= 0.3 is 11.9 Å². The average Bonchev–Trinajstić information content (AvgIpc) is 3.26. The number of hydrogen-bond acceptors (Lipinski definition) is 4. The Kier molecular flexibility index (Phi) is 8.08. The van der Waals surface area contributed by atoms with Crippen molar-refractivity contribution in [2.75, 3.05) is 13.7 Å². The van der Waals surface area contributed by atoms with E-state index in [1.54, 1.807) is 0 Å². The van der Waals surface area contributed by atoms with Crippen LogP contribution in [0.5, 0.6) is 0 Å². The standard InChI is InChI=1S/C36H58O5/c1-23(2)24-14-19-36(22-40-8)21-20-34(6)25(31(24)36)12-13-27-33(5)17-16-28(41-30(39)11-9-10-29(37)38)32(3,4)26(33)15-18-35(27,34)7/h24-28,31H,1,9-22H2,2-8H3,(H,37,38)/t24-,25+,26-,27+,28-,31+,33-,34+,35+,36+/m0/s1. The molecule has 5 saturated carbocycles. The molecule has 0 heterocycles. The molecule has 5 rings (SSSR count). The molecule has 232 valence electrons. The maximum atomic E-state index is 12.7. The minimum atomic E-state index is -0.856. The van der Waals surface area contributed by atoms with Crippen LogP contribution in [0.3, 0.4) is 0 Å². The molecule has 0 radical (unpaired) electrons. The van der Waals surface area contributed by atoms with Gasteiger partial charge in [-0.3, -0.25) is 9.59 Å². The summed E-state index contributed by atoms with van der Waals surface area (Å²) in [7, 11) is 1.90. The van der Waals surface area contributed by atoms with Gasteiger partial charge in [-0.15, -0.1) is 0 Å².